The highest BCUT2D eigenvalue weighted by atomic mass is 16.5. The molecule has 3 rings (SSSR count). The second-order valence-corrected chi connectivity index (χ2v) is 7.22. The fourth-order valence-corrected chi connectivity index (χ4v) is 3.98. The molecule has 1 spiro atoms. The topological polar surface area (TPSA) is 35.2 Å². The van der Waals surface area contributed by atoms with E-state index < -0.39 is 0 Å². The van der Waals surface area contributed by atoms with Gasteiger partial charge in [0.15, 0.2) is 0 Å². The quantitative estimate of drug-likeness (QED) is 0.825. The molecule has 110 valence electrons. The highest BCUT2D eigenvalue weighted by Gasteiger charge is 2.42. The first-order valence-corrected chi connectivity index (χ1v) is 8.04. The molecule has 2 heteroatoms. The van der Waals surface area contributed by atoms with Crippen LogP contribution in [0.4, 0.5) is 0 Å². The van der Waals surface area contributed by atoms with Gasteiger partial charge in [-0.05, 0) is 50.5 Å². The minimum absolute atomic E-state index is 0.00701. The van der Waals surface area contributed by atoms with E-state index in [1.54, 1.807) is 0 Å². The van der Waals surface area contributed by atoms with Crippen molar-refractivity contribution in [3.63, 3.8) is 0 Å². The van der Waals surface area contributed by atoms with Crippen molar-refractivity contribution in [1.82, 2.24) is 0 Å². The van der Waals surface area contributed by atoms with E-state index in [1.165, 1.54) is 24.0 Å². The van der Waals surface area contributed by atoms with Crippen LogP contribution in [0.2, 0.25) is 0 Å². The first kappa shape index (κ1) is 13.9. The lowest BCUT2D eigenvalue weighted by Gasteiger charge is -2.46. The molecule has 1 atom stereocenters. The molecule has 1 fully saturated rings. The van der Waals surface area contributed by atoms with Crippen LogP contribution in [0.15, 0.2) is 18.2 Å². The Balaban J connectivity index is 1.80. The van der Waals surface area contributed by atoms with Gasteiger partial charge in [0.25, 0.3) is 0 Å². The number of fused-ring (bicyclic) bond motifs is 1. The van der Waals surface area contributed by atoms with Crippen LogP contribution in [0.3, 0.4) is 0 Å². The van der Waals surface area contributed by atoms with Crippen molar-refractivity contribution in [3.8, 4) is 5.75 Å². The number of nitrogens with two attached hydrogens (primary N) is 1. The van der Waals surface area contributed by atoms with Gasteiger partial charge in [0.05, 0.1) is 0 Å². The van der Waals surface area contributed by atoms with Gasteiger partial charge in [-0.1, -0.05) is 31.5 Å². The van der Waals surface area contributed by atoms with Gasteiger partial charge in [0, 0.05) is 18.0 Å². The van der Waals surface area contributed by atoms with E-state index in [9.17, 15) is 0 Å². The monoisotopic (exact) mass is 273 g/mol. The summed E-state index contributed by atoms with van der Waals surface area (Å²) < 4.78 is 6.43. The largest absolute Gasteiger partial charge is 0.487 e. The van der Waals surface area contributed by atoms with E-state index in [0.29, 0.717) is 0 Å². The van der Waals surface area contributed by atoms with Crippen LogP contribution in [0.1, 0.15) is 63.1 Å². The van der Waals surface area contributed by atoms with Crippen molar-refractivity contribution in [2.45, 2.75) is 64.5 Å². The molecule has 1 aliphatic heterocycles. The predicted molar refractivity (Wildman–Crippen MR) is 82.9 cm³/mol. The summed E-state index contributed by atoms with van der Waals surface area (Å²) in [5, 5.41) is 0. The Hall–Kier alpha value is -1.02. The SMILES string of the molecule is Cc1ccc2c(c1)C(N)CC1(CCC(C(C)C)CC1)O2. The highest BCUT2D eigenvalue weighted by Crippen LogP contribution is 2.47. The lowest BCUT2D eigenvalue weighted by molar-refractivity contribution is -0.0160. The van der Waals surface area contributed by atoms with E-state index in [0.717, 1.165) is 36.8 Å². The molecule has 20 heavy (non-hydrogen) atoms. The average molecular weight is 273 g/mol. The molecular formula is C18H27NO. The van der Waals surface area contributed by atoms with Gasteiger partial charge < -0.3 is 10.5 Å². The van der Waals surface area contributed by atoms with Crippen molar-refractivity contribution in [2.24, 2.45) is 17.6 Å². The van der Waals surface area contributed by atoms with Crippen LogP contribution in [0.5, 0.6) is 5.75 Å². The van der Waals surface area contributed by atoms with E-state index in [-0.39, 0.29) is 11.6 Å². The number of rotatable bonds is 1. The van der Waals surface area contributed by atoms with Crippen molar-refractivity contribution in [1.29, 1.82) is 0 Å². The van der Waals surface area contributed by atoms with E-state index in [4.69, 9.17) is 10.5 Å². The molecule has 2 aliphatic rings. The maximum absolute atomic E-state index is 6.44. The third-order valence-corrected chi connectivity index (χ3v) is 5.37. The zero-order chi connectivity index (χ0) is 14.3. The van der Waals surface area contributed by atoms with Gasteiger partial charge in [-0.25, -0.2) is 0 Å². The number of ether oxygens (including phenoxy) is 1. The van der Waals surface area contributed by atoms with Crippen LogP contribution in [-0.2, 0) is 0 Å². The van der Waals surface area contributed by atoms with Gasteiger partial charge >= 0.3 is 0 Å². The molecule has 0 radical (unpaired) electrons. The fourth-order valence-electron chi connectivity index (χ4n) is 3.98. The van der Waals surface area contributed by atoms with Crippen LogP contribution in [0.25, 0.3) is 0 Å². The van der Waals surface area contributed by atoms with E-state index in [2.05, 4.69) is 39.0 Å². The molecular weight excluding hydrogens is 246 g/mol. The molecule has 1 aliphatic carbocycles. The molecule has 1 saturated carbocycles. The molecule has 1 unspecified atom stereocenters. The second-order valence-electron chi connectivity index (χ2n) is 7.22. The minimum Gasteiger partial charge on any atom is -0.487 e. The number of benzene rings is 1. The van der Waals surface area contributed by atoms with E-state index >= 15 is 0 Å². The van der Waals surface area contributed by atoms with Crippen LogP contribution in [-0.4, -0.2) is 5.60 Å². The molecule has 0 amide bonds. The summed E-state index contributed by atoms with van der Waals surface area (Å²) in [4.78, 5) is 0. The third-order valence-electron chi connectivity index (χ3n) is 5.37. The van der Waals surface area contributed by atoms with Gasteiger partial charge in [-0.3, -0.25) is 0 Å². The van der Waals surface area contributed by atoms with Gasteiger partial charge in [0.2, 0.25) is 0 Å². The molecule has 1 aromatic carbocycles. The number of aryl methyl sites for hydroxylation is 1. The minimum atomic E-state index is 0.00701. The first-order chi connectivity index (χ1) is 9.49. The second kappa shape index (κ2) is 5.07. The van der Waals surface area contributed by atoms with Gasteiger partial charge in [-0.2, -0.15) is 0 Å². The summed E-state index contributed by atoms with van der Waals surface area (Å²) in [6, 6.07) is 6.56. The van der Waals surface area contributed by atoms with Crippen LogP contribution in [0, 0.1) is 18.8 Å². The highest BCUT2D eigenvalue weighted by molar-refractivity contribution is 5.41. The zero-order valence-corrected chi connectivity index (χ0v) is 13.0. The molecule has 0 aromatic heterocycles. The van der Waals surface area contributed by atoms with E-state index in [1.807, 2.05) is 0 Å². The molecule has 1 aromatic rings. The Morgan fingerprint density at radius 1 is 1.25 bits per heavy atom. The van der Waals surface area contributed by atoms with Crippen LogP contribution >= 0.6 is 0 Å². The molecule has 2 nitrogen and oxygen atoms in total. The lowest BCUT2D eigenvalue weighted by atomic mass is 9.71. The summed E-state index contributed by atoms with van der Waals surface area (Å²) in [5.74, 6) is 2.68. The molecule has 0 saturated heterocycles. The third kappa shape index (κ3) is 2.46. The smallest absolute Gasteiger partial charge is 0.124 e. The molecule has 1 heterocycles. The summed E-state index contributed by atoms with van der Waals surface area (Å²) in [6.07, 6.45) is 5.87. The Bertz CT molecular complexity index is 486. The average Bonchev–Trinajstić information content (AvgIpc) is 2.40. The predicted octanol–water partition coefficient (Wildman–Crippen LogP) is 4.36. The maximum Gasteiger partial charge on any atom is 0.124 e. The summed E-state index contributed by atoms with van der Waals surface area (Å²) in [6.45, 7) is 6.80. The lowest BCUT2D eigenvalue weighted by Crippen LogP contribution is -2.46. The first-order valence-electron chi connectivity index (χ1n) is 8.04. The van der Waals surface area contributed by atoms with Crippen molar-refractivity contribution < 1.29 is 4.74 Å². The Kier molecular flexibility index (Phi) is 3.53. The Morgan fingerprint density at radius 3 is 2.60 bits per heavy atom. The Labute approximate surface area is 122 Å². The standard InChI is InChI=1S/C18H27NO/c1-12(2)14-6-8-18(9-7-14)11-16(19)15-10-13(3)4-5-17(15)20-18/h4-5,10,12,14,16H,6-9,11,19H2,1-3H3. The molecule has 2 N–H and O–H groups in total. The fraction of sp³-hybridized carbons (Fsp3) is 0.667. The van der Waals surface area contributed by atoms with Crippen molar-refractivity contribution in [2.75, 3.05) is 0 Å². The van der Waals surface area contributed by atoms with Crippen LogP contribution < -0.4 is 10.5 Å². The summed E-state index contributed by atoms with van der Waals surface area (Å²) >= 11 is 0. The summed E-state index contributed by atoms with van der Waals surface area (Å²) in [7, 11) is 0. The molecule has 0 bridgehead atoms. The normalized spacial score (nSPS) is 33.0. The van der Waals surface area contributed by atoms with Crippen molar-refractivity contribution in [3.05, 3.63) is 29.3 Å². The number of hydrogen-bond acceptors (Lipinski definition) is 2. The number of hydrogen-bond donors (Lipinski definition) is 1. The Morgan fingerprint density at radius 2 is 1.95 bits per heavy atom. The van der Waals surface area contributed by atoms with Crippen molar-refractivity contribution >= 4 is 0 Å². The summed E-state index contributed by atoms with van der Waals surface area (Å²) in [5.41, 5.74) is 8.90. The van der Waals surface area contributed by atoms with Gasteiger partial charge in [0.1, 0.15) is 11.4 Å². The zero-order valence-electron chi connectivity index (χ0n) is 13.0. The maximum atomic E-state index is 6.44. The van der Waals surface area contributed by atoms with Gasteiger partial charge in [-0.15, -0.1) is 0 Å².